The Kier molecular flexibility index (Phi) is 7.20. The van der Waals surface area contributed by atoms with Gasteiger partial charge in [-0.1, -0.05) is 0 Å². The molecule has 0 bridgehead atoms. The Morgan fingerprint density at radius 1 is 1.13 bits per heavy atom. The number of likely N-dealkylation sites (tertiary alicyclic amines) is 2. The quantitative estimate of drug-likeness (QED) is 0.451. The van der Waals surface area contributed by atoms with Crippen LogP contribution >= 0.6 is 24.0 Å². The smallest absolute Gasteiger partial charge is 0.191 e. The molecule has 0 radical (unpaired) electrons. The lowest BCUT2D eigenvalue weighted by molar-refractivity contribution is 0.218. The number of rotatable bonds is 4. The summed E-state index contributed by atoms with van der Waals surface area (Å²) in [6.45, 7) is 7.03. The minimum absolute atomic E-state index is 0. The van der Waals surface area contributed by atoms with Gasteiger partial charge < -0.3 is 15.1 Å². The Labute approximate surface area is 156 Å². The predicted octanol–water partition coefficient (Wildman–Crippen LogP) is 3.14. The lowest BCUT2D eigenvalue weighted by atomic mass is 10.1. The summed E-state index contributed by atoms with van der Waals surface area (Å²) in [5, 5.41) is 0. The van der Waals surface area contributed by atoms with E-state index in [1.807, 2.05) is 13.0 Å². The number of aliphatic imine (C=N–C) groups is 1. The summed E-state index contributed by atoms with van der Waals surface area (Å²) in [7, 11) is 0. The topological polar surface area (TPSA) is 58.0 Å². The molecule has 2 saturated heterocycles. The molecule has 2 fully saturated rings. The van der Waals surface area contributed by atoms with Gasteiger partial charge in [0.15, 0.2) is 5.96 Å². The minimum atomic E-state index is 0. The van der Waals surface area contributed by atoms with Gasteiger partial charge in [-0.15, -0.1) is 24.0 Å². The van der Waals surface area contributed by atoms with Crippen LogP contribution in [0.4, 0.5) is 0 Å². The van der Waals surface area contributed by atoms with Gasteiger partial charge in [-0.2, -0.15) is 0 Å². The van der Waals surface area contributed by atoms with Crippen molar-refractivity contribution in [3.8, 4) is 0 Å². The van der Waals surface area contributed by atoms with Crippen LogP contribution in [0.15, 0.2) is 21.5 Å². The van der Waals surface area contributed by atoms with E-state index in [1.54, 1.807) is 0 Å². The van der Waals surface area contributed by atoms with Gasteiger partial charge in [0.25, 0.3) is 0 Å². The minimum Gasteiger partial charge on any atom is -0.465 e. The zero-order valence-corrected chi connectivity index (χ0v) is 16.4. The van der Waals surface area contributed by atoms with E-state index in [-0.39, 0.29) is 30.0 Å². The first-order valence-electron chi connectivity index (χ1n) is 8.59. The standard InChI is InChI=1S/C17H28N4O.HI/c1-14-7-8-16(22-14)15(20-9-5-6-10-20)13-19-17(18)21-11-3-2-4-12-21;/h7-8,15H,2-6,9-13H2,1H3,(H2,18,19);1H. The van der Waals surface area contributed by atoms with Gasteiger partial charge in [-0.05, 0) is 64.3 Å². The van der Waals surface area contributed by atoms with E-state index >= 15 is 0 Å². The number of furan rings is 1. The molecule has 5 nitrogen and oxygen atoms in total. The summed E-state index contributed by atoms with van der Waals surface area (Å²) in [4.78, 5) is 9.39. The lowest BCUT2D eigenvalue weighted by Gasteiger charge is -2.29. The van der Waals surface area contributed by atoms with Crippen LogP contribution in [0, 0.1) is 6.92 Å². The zero-order valence-electron chi connectivity index (χ0n) is 14.0. The van der Waals surface area contributed by atoms with Crippen molar-refractivity contribution in [2.75, 3.05) is 32.7 Å². The molecule has 2 aliphatic rings. The summed E-state index contributed by atoms with van der Waals surface area (Å²) < 4.78 is 5.87. The van der Waals surface area contributed by atoms with E-state index in [4.69, 9.17) is 15.1 Å². The molecule has 6 heteroatoms. The van der Waals surface area contributed by atoms with Gasteiger partial charge in [-0.3, -0.25) is 9.89 Å². The highest BCUT2D eigenvalue weighted by Crippen LogP contribution is 2.27. The fourth-order valence-corrected chi connectivity index (χ4v) is 3.47. The monoisotopic (exact) mass is 432 g/mol. The third-order valence-electron chi connectivity index (χ3n) is 4.78. The summed E-state index contributed by atoms with van der Waals surface area (Å²) in [5.74, 6) is 2.69. The third kappa shape index (κ3) is 4.86. The Bertz CT molecular complexity index is 504. The van der Waals surface area contributed by atoms with Crippen LogP contribution in [0.1, 0.15) is 49.7 Å². The number of aryl methyl sites for hydroxylation is 1. The van der Waals surface area contributed by atoms with Crippen LogP contribution in [0.2, 0.25) is 0 Å². The SMILES string of the molecule is Cc1ccc(C(CN=C(N)N2CCCCC2)N2CCCC2)o1.I. The lowest BCUT2D eigenvalue weighted by Crippen LogP contribution is -2.41. The Balaban J connectivity index is 0.00000192. The third-order valence-corrected chi connectivity index (χ3v) is 4.78. The molecule has 1 atom stereocenters. The molecule has 2 N–H and O–H groups in total. The maximum absolute atomic E-state index is 6.21. The van der Waals surface area contributed by atoms with Crippen LogP contribution in [-0.2, 0) is 0 Å². The van der Waals surface area contributed by atoms with Crippen molar-refractivity contribution < 1.29 is 4.42 Å². The molecule has 0 amide bonds. The van der Waals surface area contributed by atoms with Crippen molar-refractivity contribution in [1.29, 1.82) is 0 Å². The molecule has 3 rings (SSSR count). The second-order valence-corrected chi connectivity index (χ2v) is 6.45. The second kappa shape index (κ2) is 8.92. The van der Waals surface area contributed by atoms with Crippen molar-refractivity contribution in [1.82, 2.24) is 9.80 Å². The average Bonchev–Trinajstić information content (AvgIpc) is 3.21. The molecule has 0 aromatic carbocycles. The molecule has 0 spiro atoms. The summed E-state index contributed by atoms with van der Waals surface area (Å²) in [6.07, 6.45) is 6.29. The summed E-state index contributed by atoms with van der Waals surface area (Å²) in [6, 6.07) is 4.35. The number of nitrogens with zero attached hydrogens (tertiary/aromatic N) is 3. The van der Waals surface area contributed by atoms with Crippen molar-refractivity contribution in [3.05, 3.63) is 23.7 Å². The fourth-order valence-electron chi connectivity index (χ4n) is 3.47. The van der Waals surface area contributed by atoms with E-state index in [0.29, 0.717) is 12.5 Å². The molecular weight excluding hydrogens is 403 g/mol. The van der Waals surface area contributed by atoms with Gasteiger partial charge in [0, 0.05) is 13.1 Å². The van der Waals surface area contributed by atoms with Crippen LogP contribution in [0.5, 0.6) is 0 Å². The van der Waals surface area contributed by atoms with Gasteiger partial charge in [0.05, 0.1) is 12.6 Å². The van der Waals surface area contributed by atoms with Crippen molar-refractivity contribution >= 4 is 29.9 Å². The second-order valence-electron chi connectivity index (χ2n) is 6.45. The molecule has 130 valence electrons. The van der Waals surface area contributed by atoms with Crippen LogP contribution in [0.3, 0.4) is 0 Å². The highest BCUT2D eigenvalue weighted by atomic mass is 127. The number of hydrogen-bond donors (Lipinski definition) is 1. The zero-order chi connectivity index (χ0) is 15.4. The van der Waals surface area contributed by atoms with E-state index in [2.05, 4.69) is 15.9 Å². The Hall–Kier alpha value is -0.760. The van der Waals surface area contributed by atoms with E-state index in [9.17, 15) is 0 Å². The van der Waals surface area contributed by atoms with Gasteiger partial charge in [0.2, 0.25) is 0 Å². The number of nitrogens with two attached hydrogens (primary N) is 1. The molecule has 1 unspecified atom stereocenters. The first kappa shape index (κ1) is 18.6. The molecule has 1 aromatic heterocycles. The van der Waals surface area contributed by atoms with Gasteiger partial charge in [-0.25, -0.2) is 0 Å². The summed E-state index contributed by atoms with van der Waals surface area (Å²) >= 11 is 0. The molecule has 1 aromatic rings. The maximum Gasteiger partial charge on any atom is 0.191 e. The first-order chi connectivity index (χ1) is 10.7. The van der Waals surface area contributed by atoms with Crippen molar-refractivity contribution in [2.45, 2.75) is 45.1 Å². The highest BCUT2D eigenvalue weighted by molar-refractivity contribution is 14.0. The molecule has 2 aliphatic heterocycles. The fraction of sp³-hybridized carbons (Fsp3) is 0.706. The van der Waals surface area contributed by atoms with Crippen molar-refractivity contribution in [2.24, 2.45) is 10.7 Å². The van der Waals surface area contributed by atoms with E-state index in [0.717, 1.165) is 37.7 Å². The van der Waals surface area contributed by atoms with E-state index < -0.39 is 0 Å². The highest BCUT2D eigenvalue weighted by Gasteiger charge is 2.26. The van der Waals surface area contributed by atoms with Crippen molar-refractivity contribution in [3.63, 3.8) is 0 Å². The number of guanidine groups is 1. The Morgan fingerprint density at radius 3 is 2.39 bits per heavy atom. The molecule has 3 heterocycles. The van der Waals surface area contributed by atoms with E-state index in [1.165, 1.54) is 32.1 Å². The Morgan fingerprint density at radius 2 is 1.78 bits per heavy atom. The first-order valence-corrected chi connectivity index (χ1v) is 8.59. The predicted molar refractivity (Wildman–Crippen MR) is 104 cm³/mol. The van der Waals surface area contributed by atoms with Gasteiger partial charge >= 0.3 is 0 Å². The number of halogens is 1. The molecule has 0 aliphatic carbocycles. The van der Waals surface area contributed by atoms with Crippen LogP contribution < -0.4 is 5.73 Å². The average molecular weight is 432 g/mol. The summed E-state index contributed by atoms with van der Waals surface area (Å²) in [5.41, 5.74) is 6.21. The maximum atomic E-state index is 6.21. The molecule has 23 heavy (non-hydrogen) atoms. The van der Waals surface area contributed by atoms with Crippen LogP contribution in [-0.4, -0.2) is 48.5 Å². The van der Waals surface area contributed by atoms with Crippen LogP contribution in [0.25, 0.3) is 0 Å². The van der Waals surface area contributed by atoms with Gasteiger partial charge in [0.1, 0.15) is 11.5 Å². The molecule has 0 saturated carbocycles. The normalized spacial score (nSPS) is 21.3. The molecular formula is C17H29IN4O. The largest absolute Gasteiger partial charge is 0.465 e. The number of hydrogen-bond acceptors (Lipinski definition) is 3. The number of piperidine rings is 1.